The van der Waals surface area contributed by atoms with Gasteiger partial charge in [0.05, 0.1) is 11.6 Å². The number of anilines is 1. The van der Waals surface area contributed by atoms with Crippen molar-refractivity contribution in [3.8, 4) is 0 Å². The number of halogens is 2. The van der Waals surface area contributed by atoms with Gasteiger partial charge in [0.1, 0.15) is 16.6 Å². The van der Waals surface area contributed by atoms with Crippen LogP contribution in [0.25, 0.3) is 0 Å². The van der Waals surface area contributed by atoms with Crippen LogP contribution in [0.3, 0.4) is 0 Å². The number of hydrogen-bond donors (Lipinski definition) is 1. The van der Waals surface area contributed by atoms with Gasteiger partial charge in [-0.25, -0.2) is 9.37 Å². The lowest BCUT2D eigenvalue weighted by molar-refractivity contribution is 0.0950. The summed E-state index contributed by atoms with van der Waals surface area (Å²) in [4.78, 5) is 21.2. The Kier molecular flexibility index (Phi) is 6.51. The molecule has 1 saturated heterocycles. The maximum atomic E-state index is 12.9. The maximum Gasteiger partial charge on any atom is 0.282 e. The Morgan fingerprint density at radius 2 is 1.87 bits per heavy atom. The number of nitrogens with zero attached hydrogens (tertiary/aromatic N) is 5. The largest absolute Gasteiger partial charge is 0.354 e. The molecule has 2 aromatic heterocycles. The fraction of sp³-hybridized carbons (Fsp3) is 0.300. The average Bonchev–Trinajstić information content (AvgIpc) is 3.23. The van der Waals surface area contributed by atoms with Crippen molar-refractivity contribution in [3.63, 3.8) is 0 Å². The van der Waals surface area contributed by atoms with Gasteiger partial charge in [0, 0.05) is 38.9 Å². The molecular weight excluding hydrogens is 427 g/mol. The lowest BCUT2D eigenvalue weighted by Crippen LogP contribution is -2.46. The molecule has 1 aliphatic heterocycles. The van der Waals surface area contributed by atoms with Crippen LogP contribution in [0.5, 0.6) is 0 Å². The lowest BCUT2D eigenvalue weighted by atomic mass is 10.2. The third-order valence-corrected chi connectivity index (χ3v) is 5.92. The summed E-state index contributed by atoms with van der Waals surface area (Å²) in [5, 5.41) is 12.7. The van der Waals surface area contributed by atoms with Crippen molar-refractivity contribution in [2.75, 3.05) is 31.1 Å². The van der Waals surface area contributed by atoms with Gasteiger partial charge in [0.15, 0.2) is 0 Å². The van der Waals surface area contributed by atoms with Gasteiger partial charge >= 0.3 is 0 Å². The maximum absolute atomic E-state index is 12.9. The van der Waals surface area contributed by atoms with Crippen molar-refractivity contribution in [1.29, 1.82) is 0 Å². The topological polar surface area (TPSA) is 74.2 Å². The van der Waals surface area contributed by atoms with E-state index in [-0.39, 0.29) is 11.7 Å². The van der Waals surface area contributed by atoms with Crippen LogP contribution in [0.4, 0.5) is 10.2 Å². The van der Waals surface area contributed by atoms with Crippen LogP contribution in [-0.2, 0) is 13.1 Å². The molecule has 1 aliphatic rings. The second-order valence-electron chi connectivity index (χ2n) is 6.91. The highest BCUT2D eigenvalue weighted by Crippen LogP contribution is 2.18. The Labute approximate surface area is 182 Å². The minimum Gasteiger partial charge on any atom is -0.354 e. The Balaban J connectivity index is 1.26. The zero-order valence-corrected chi connectivity index (χ0v) is 17.7. The molecule has 30 heavy (non-hydrogen) atoms. The van der Waals surface area contributed by atoms with E-state index in [4.69, 9.17) is 11.6 Å². The summed E-state index contributed by atoms with van der Waals surface area (Å²) in [6, 6.07) is 9.79. The van der Waals surface area contributed by atoms with Crippen LogP contribution in [0.1, 0.15) is 20.4 Å². The standard InChI is InChI=1S/C20H20ClFN6OS/c21-15-3-6-17(23-12-15)28-9-7-27(8-10-28)13-18-25-26-20(30-18)19(29)24-11-14-1-4-16(22)5-2-14/h1-6,12H,7-11,13H2,(H,24,29). The summed E-state index contributed by atoms with van der Waals surface area (Å²) < 4.78 is 12.9. The van der Waals surface area contributed by atoms with E-state index in [1.807, 2.05) is 12.1 Å². The SMILES string of the molecule is O=C(NCc1ccc(F)cc1)c1nnc(CN2CCN(c3ccc(Cl)cn3)CC2)s1. The number of nitrogens with one attached hydrogen (secondary N) is 1. The van der Waals surface area contributed by atoms with E-state index in [1.165, 1.54) is 23.5 Å². The molecule has 0 saturated carbocycles. The molecule has 156 valence electrons. The number of aromatic nitrogens is 3. The highest BCUT2D eigenvalue weighted by molar-refractivity contribution is 7.13. The van der Waals surface area contributed by atoms with Crippen molar-refractivity contribution < 1.29 is 9.18 Å². The van der Waals surface area contributed by atoms with Gasteiger partial charge in [-0.1, -0.05) is 35.1 Å². The van der Waals surface area contributed by atoms with Crippen LogP contribution in [0, 0.1) is 5.82 Å². The van der Waals surface area contributed by atoms with Crippen LogP contribution >= 0.6 is 22.9 Å². The van der Waals surface area contributed by atoms with Crippen LogP contribution in [-0.4, -0.2) is 52.2 Å². The number of carbonyl (C=O) groups is 1. The molecule has 3 aromatic rings. The summed E-state index contributed by atoms with van der Waals surface area (Å²) in [5.41, 5.74) is 0.822. The molecule has 1 fully saturated rings. The van der Waals surface area contributed by atoms with E-state index in [0.29, 0.717) is 23.1 Å². The van der Waals surface area contributed by atoms with E-state index in [1.54, 1.807) is 18.3 Å². The first-order valence-electron chi connectivity index (χ1n) is 9.51. The molecule has 0 atom stereocenters. The molecule has 1 amide bonds. The monoisotopic (exact) mass is 446 g/mol. The number of benzene rings is 1. The molecule has 10 heteroatoms. The average molecular weight is 447 g/mol. The van der Waals surface area contributed by atoms with Crippen molar-refractivity contribution >= 4 is 34.7 Å². The van der Waals surface area contributed by atoms with Gasteiger partial charge in [-0.3, -0.25) is 9.69 Å². The summed E-state index contributed by atoms with van der Waals surface area (Å²) in [7, 11) is 0. The first-order chi connectivity index (χ1) is 14.6. The van der Waals surface area contributed by atoms with E-state index in [0.717, 1.165) is 42.6 Å². The highest BCUT2D eigenvalue weighted by atomic mass is 35.5. The minimum atomic E-state index is -0.302. The lowest BCUT2D eigenvalue weighted by Gasteiger charge is -2.34. The molecule has 1 N–H and O–H groups in total. The number of pyridine rings is 1. The molecule has 1 aromatic carbocycles. The number of amides is 1. The first kappa shape index (κ1) is 20.6. The van der Waals surface area contributed by atoms with Crippen LogP contribution in [0.2, 0.25) is 5.02 Å². The molecule has 7 nitrogen and oxygen atoms in total. The van der Waals surface area contributed by atoms with E-state index < -0.39 is 0 Å². The molecule has 0 bridgehead atoms. The van der Waals surface area contributed by atoms with Gasteiger partial charge in [0.2, 0.25) is 5.01 Å². The highest BCUT2D eigenvalue weighted by Gasteiger charge is 2.20. The molecule has 0 aliphatic carbocycles. The second-order valence-corrected chi connectivity index (χ2v) is 8.41. The van der Waals surface area contributed by atoms with E-state index >= 15 is 0 Å². The number of hydrogen-bond acceptors (Lipinski definition) is 7. The molecule has 4 rings (SSSR count). The Morgan fingerprint density at radius 1 is 1.10 bits per heavy atom. The third-order valence-electron chi connectivity index (χ3n) is 4.79. The Morgan fingerprint density at radius 3 is 2.57 bits per heavy atom. The Bertz CT molecular complexity index is 989. The smallest absolute Gasteiger partial charge is 0.282 e. The fourth-order valence-electron chi connectivity index (χ4n) is 3.15. The van der Waals surface area contributed by atoms with Gasteiger partial charge in [-0.05, 0) is 29.8 Å². The van der Waals surface area contributed by atoms with Crippen LogP contribution in [0.15, 0.2) is 42.6 Å². The van der Waals surface area contributed by atoms with Gasteiger partial charge in [-0.2, -0.15) is 0 Å². The summed E-state index contributed by atoms with van der Waals surface area (Å²) in [6.45, 7) is 4.43. The third kappa shape index (κ3) is 5.29. The zero-order valence-electron chi connectivity index (χ0n) is 16.1. The van der Waals surface area contributed by atoms with Crippen LogP contribution < -0.4 is 10.2 Å². The number of piperazine rings is 1. The first-order valence-corrected chi connectivity index (χ1v) is 10.7. The van der Waals surface area contributed by atoms with Gasteiger partial charge < -0.3 is 10.2 Å². The number of carbonyl (C=O) groups excluding carboxylic acids is 1. The van der Waals surface area contributed by atoms with Crippen molar-refractivity contribution in [1.82, 2.24) is 25.4 Å². The normalized spacial score (nSPS) is 14.7. The zero-order chi connectivity index (χ0) is 20.9. The van der Waals surface area contributed by atoms with Gasteiger partial charge in [-0.15, -0.1) is 10.2 Å². The van der Waals surface area contributed by atoms with Gasteiger partial charge in [0.25, 0.3) is 5.91 Å². The predicted octanol–water partition coefficient (Wildman–Crippen LogP) is 2.98. The van der Waals surface area contributed by atoms with Crippen molar-refractivity contribution in [2.24, 2.45) is 0 Å². The molecular formula is C20H20ClFN6OS. The van der Waals surface area contributed by atoms with Crippen molar-refractivity contribution in [2.45, 2.75) is 13.1 Å². The van der Waals surface area contributed by atoms with E-state index in [2.05, 4.69) is 30.3 Å². The fourth-order valence-corrected chi connectivity index (χ4v) is 4.06. The predicted molar refractivity (Wildman–Crippen MR) is 114 cm³/mol. The Hall–Kier alpha value is -2.62. The van der Waals surface area contributed by atoms with Crippen molar-refractivity contribution in [3.05, 3.63) is 69.0 Å². The second kappa shape index (κ2) is 9.46. The van der Waals surface area contributed by atoms with E-state index in [9.17, 15) is 9.18 Å². The molecule has 0 spiro atoms. The minimum absolute atomic E-state index is 0.276. The quantitative estimate of drug-likeness (QED) is 0.627. The summed E-state index contributed by atoms with van der Waals surface area (Å²) in [5.74, 6) is 0.348. The summed E-state index contributed by atoms with van der Waals surface area (Å²) >= 11 is 7.20. The molecule has 3 heterocycles. The summed E-state index contributed by atoms with van der Waals surface area (Å²) in [6.07, 6.45) is 1.66. The number of rotatable bonds is 6. The molecule has 0 unspecified atom stereocenters. The molecule has 0 radical (unpaired) electrons.